The number of aliphatic hydroxyl groups is 2. The highest BCUT2D eigenvalue weighted by Gasteiger charge is 2.45. The normalized spacial score (nSPS) is 25.8. The topological polar surface area (TPSA) is 138 Å². The first kappa shape index (κ1) is 18.8. The van der Waals surface area contributed by atoms with Crippen LogP contribution in [0.5, 0.6) is 5.88 Å². The number of nitrogens with zero attached hydrogens (tertiary/aromatic N) is 4. The van der Waals surface area contributed by atoms with E-state index >= 15 is 0 Å². The molecule has 1 fully saturated rings. The Morgan fingerprint density at radius 3 is 2.85 bits per heavy atom. The van der Waals surface area contributed by atoms with Gasteiger partial charge in [-0.05, 0) is 6.42 Å². The van der Waals surface area contributed by atoms with E-state index in [0.717, 1.165) is 19.3 Å². The van der Waals surface area contributed by atoms with E-state index in [0.29, 0.717) is 17.8 Å². The number of aromatic nitrogens is 4. The minimum atomic E-state index is -0.967. The van der Waals surface area contributed by atoms with Gasteiger partial charge in [-0.2, -0.15) is 9.97 Å². The average molecular weight is 367 g/mol. The van der Waals surface area contributed by atoms with Crippen LogP contribution in [0.4, 0.5) is 5.95 Å². The second kappa shape index (κ2) is 8.12. The third-order valence-corrected chi connectivity index (χ3v) is 4.43. The fourth-order valence-corrected chi connectivity index (χ4v) is 3.08. The molecule has 0 aromatic carbocycles. The van der Waals surface area contributed by atoms with Gasteiger partial charge in [0, 0.05) is 6.61 Å². The maximum atomic E-state index is 10.5. The van der Waals surface area contributed by atoms with Crippen molar-refractivity contribution in [2.45, 2.75) is 50.7 Å². The lowest BCUT2D eigenvalue weighted by atomic mass is 10.1. The Morgan fingerprint density at radius 2 is 2.15 bits per heavy atom. The number of rotatable bonds is 8. The third-order valence-electron chi connectivity index (χ3n) is 4.43. The Kier molecular flexibility index (Phi) is 5.87. The van der Waals surface area contributed by atoms with Crippen molar-refractivity contribution in [2.75, 3.05) is 26.1 Å². The lowest BCUT2D eigenvalue weighted by molar-refractivity contribution is -0.0710. The van der Waals surface area contributed by atoms with Crippen molar-refractivity contribution in [2.24, 2.45) is 0 Å². The van der Waals surface area contributed by atoms with E-state index in [2.05, 4.69) is 21.9 Å². The van der Waals surface area contributed by atoms with Crippen LogP contribution >= 0.6 is 0 Å². The van der Waals surface area contributed by atoms with Gasteiger partial charge < -0.3 is 30.2 Å². The monoisotopic (exact) mass is 367 g/mol. The van der Waals surface area contributed by atoms with Gasteiger partial charge in [0.05, 0.1) is 20.0 Å². The Labute approximate surface area is 150 Å². The Morgan fingerprint density at radius 1 is 1.35 bits per heavy atom. The molecule has 144 valence electrons. The molecule has 26 heavy (non-hydrogen) atoms. The van der Waals surface area contributed by atoms with Gasteiger partial charge >= 0.3 is 0 Å². The quantitative estimate of drug-likeness (QED) is 0.560. The molecule has 3 rings (SSSR count). The second-order valence-electron chi connectivity index (χ2n) is 6.20. The molecule has 1 saturated heterocycles. The summed E-state index contributed by atoms with van der Waals surface area (Å²) < 4.78 is 18.5. The van der Waals surface area contributed by atoms with Crippen LogP contribution in [-0.4, -0.2) is 68.4 Å². The molecular formula is C16H25N5O5. The minimum Gasteiger partial charge on any atom is -0.479 e. The maximum Gasteiger partial charge on any atom is 0.246 e. The number of ether oxygens (including phenoxy) is 3. The summed E-state index contributed by atoms with van der Waals surface area (Å²) in [6.07, 6.45) is 1.41. The largest absolute Gasteiger partial charge is 0.479 e. The number of fused-ring (bicyclic) bond motifs is 1. The van der Waals surface area contributed by atoms with Crippen molar-refractivity contribution in [3.05, 3.63) is 6.33 Å². The molecule has 10 heteroatoms. The Hall–Kier alpha value is -2.01. The van der Waals surface area contributed by atoms with E-state index in [1.54, 1.807) is 4.57 Å². The highest BCUT2D eigenvalue weighted by molar-refractivity contribution is 5.77. The van der Waals surface area contributed by atoms with Crippen molar-refractivity contribution >= 4 is 17.1 Å². The molecule has 0 saturated carbocycles. The van der Waals surface area contributed by atoms with Crippen LogP contribution in [0.3, 0.4) is 0 Å². The van der Waals surface area contributed by atoms with Gasteiger partial charge in [0.25, 0.3) is 0 Å². The smallest absolute Gasteiger partial charge is 0.246 e. The first-order valence-electron chi connectivity index (χ1n) is 8.70. The minimum absolute atomic E-state index is 0.0359. The zero-order chi connectivity index (χ0) is 18.7. The van der Waals surface area contributed by atoms with Crippen LogP contribution < -0.4 is 10.5 Å². The Bertz CT molecular complexity index is 739. The highest BCUT2D eigenvalue weighted by Crippen LogP contribution is 2.34. The van der Waals surface area contributed by atoms with E-state index in [4.69, 9.17) is 19.9 Å². The number of hydrogen-bond acceptors (Lipinski definition) is 9. The van der Waals surface area contributed by atoms with Crippen molar-refractivity contribution in [3.8, 4) is 5.88 Å². The molecule has 4 atom stereocenters. The van der Waals surface area contributed by atoms with E-state index in [1.807, 2.05) is 0 Å². The molecule has 0 aliphatic carbocycles. The summed E-state index contributed by atoms with van der Waals surface area (Å²) >= 11 is 0. The fourth-order valence-electron chi connectivity index (χ4n) is 3.08. The van der Waals surface area contributed by atoms with Gasteiger partial charge in [-0.3, -0.25) is 4.57 Å². The predicted octanol–water partition coefficient (Wildman–Crippen LogP) is 0.243. The fraction of sp³-hybridized carbons (Fsp3) is 0.688. The predicted molar refractivity (Wildman–Crippen MR) is 92.6 cm³/mol. The van der Waals surface area contributed by atoms with E-state index in [1.165, 1.54) is 13.4 Å². The number of unbranched alkanes of at least 4 members (excludes halogenated alkanes) is 2. The van der Waals surface area contributed by atoms with Crippen LogP contribution in [0.25, 0.3) is 11.2 Å². The average Bonchev–Trinajstić information content (AvgIpc) is 3.19. The Balaban J connectivity index is 1.92. The molecule has 1 aliphatic rings. The van der Waals surface area contributed by atoms with E-state index in [-0.39, 0.29) is 18.4 Å². The number of nitrogen functional groups attached to an aromatic ring is 1. The van der Waals surface area contributed by atoms with Crippen LogP contribution in [0, 0.1) is 0 Å². The zero-order valence-electron chi connectivity index (χ0n) is 14.9. The van der Waals surface area contributed by atoms with Crippen molar-refractivity contribution < 1.29 is 24.4 Å². The van der Waals surface area contributed by atoms with Crippen molar-refractivity contribution in [1.29, 1.82) is 0 Å². The summed E-state index contributed by atoms with van der Waals surface area (Å²) in [5, 5.41) is 20.0. The standard InChI is InChI=1S/C16H25N5O5/c1-3-4-5-6-25-12-11(23)9(7-22)26-15(12)21-8-18-10-13(21)19-16(17)20-14(10)24-2/h8-9,11-12,15,22-23H,3-7H2,1-2H3,(H2,17,19,20)/t9-,11-,12+,15-/m1/s1. The summed E-state index contributed by atoms with van der Waals surface area (Å²) in [5.41, 5.74) is 6.59. The third kappa shape index (κ3) is 3.45. The summed E-state index contributed by atoms with van der Waals surface area (Å²) in [6, 6.07) is 0. The summed E-state index contributed by atoms with van der Waals surface area (Å²) in [7, 11) is 1.47. The van der Waals surface area contributed by atoms with Crippen LogP contribution in [-0.2, 0) is 9.47 Å². The summed E-state index contributed by atoms with van der Waals surface area (Å²) in [4.78, 5) is 12.5. The van der Waals surface area contributed by atoms with Gasteiger partial charge in [0.1, 0.15) is 18.3 Å². The van der Waals surface area contributed by atoms with Crippen molar-refractivity contribution in [3.63, 3.8) is 0 Å². The zero-order valence-corrected chi connectivity index (χ0v) is 14.9. The molecule has 0 bridgehead atoms. The molecule has 10 nitrogen and oxygen atoms in total. The first-order chi connectivity index (χ1) is 12.6. The number of anilines is 1. The molecule has 0 radical (unpaired) electrons. The second-order valence-corrected chi connectivity index (χ2v) is 6.20. The maximum absolute atomic E-state index is 10.5. The van der Waals surface area contributed by atoms with Gasteiger partial charge in [-0.1, -0.05) is 19.8 Å². The molecule has 0 unspecified atom stereocenters. The number of aliphatic hydroxyl groups excluding tert-OH is 2. The van der Waals surface area contributed by atoms with Gasteiger partial charge in [0.15, 0.2) is 17.4 Å². The molecule has 4 N–H and O–H groups in total. The van der Waals surface area contributed by atoms with Gasteiger partial charge in [-0.15, -0.1) is 0 Å². The van der Waals surface area contributed by atoms with E-state index < -0.39 is 24.5 Å². The summed E-state index contributed by atoms with van der Waals surface area (Å²) in [6.45, 7) is 2.27. The molecule has 0 amide bonds. The van der Waals surface area contributed by atoms with Crippen LogP contribution in [0.15, 0.2) is 6.33 Å². The molecular weight excluding hydrogens is 342 g/mol. The number of nitrogens with two attached hydrogens (primary N) is 1. The number of imidazole rings is 1. The van der Waals surface area contributed by atoms with Gasteiger partial charge in [-0.25, -0.2) is 4.98 Å². The van der Waals surface area contributed by atoms with Gasteiger partial charge in [0.2, 0.25) is 11.8 Å². The van der Waals surface area contributed by atoms with Crippen LogP contribution in [0.1, 0.15) is 32.4 Å². The number of hydrogen-bond donors (Lipinski definition) is 3. The molecule has 0 spiro atoms. The molecule has 2 aromatic heterocycles. The lowest BCUT2D eigenvalue weighted by Crippen LogP contribution is -2.35. The SMILES string of the molecule is CCCCCO[C@H]1[C@H](O)[C@@H](CO)O[C@H]1n1cnc2c(OC)nc(N)nc21. The van der Waals surface area contributed by atoms with Crippen LogP contribution in [0.2, 0.25) is 0 Å². The highest BCUT2D eigenvalue weighted by atomic mass is 16.6. The first-order valence-corrected chi connectivity index (χ1v) is 8.70. The summed E-state index contributed by atoms with van der Waals surface area (Å²) in [5.74, 6) is 0.290. The lowest BCUT2D eigenvalue weighted by Gasteiger charge is -2.22. The number of methoxy groups -OCH3 is 1. The molecule has 2 aromatic rings. The van der Waals surface area contributed by atoms with Crippen molar-refractivity contribution in [1.82, 2.24) is 19.5 Å². The van der Waals surface area contributed by atoms with E-state index in [9.17, 15) is 10.2 Å². The molecule has 3 heterocycles. The molecule has 1 aliphatic heterocycles.